The molecule has 136 valence electrons. The van der Waals surface area contributed by atoms with Crippen LogP contribution in [-0.4, -0.2) is 56.6 Å². The van der Waals surface area contributed by atoms with E-state index in [-0.39, 0.29) is 10.8 Å². The number of hydrogen-bond acceptors (Lipinski definition) is 5. The maximum Gasteiger partial charge on any atom is 0.258 e. The van der Waals surface area contributed by atoms with Gasteiger partial charge in [0.25, 0.3) is 5.91 Å². The van der Waals surface area contributed by atoms with E-state index < -0.39 is 10.0 Å². The van der Waals surface area contributed by atoms with Gasteiger partial charge in [0.1, 0.15) is 0 Å². The summed E-state index contributed by atoms with van der Waals surface area (Å²) in [7, 11) is 2.97. The first kappa shape index (κ1) is 18.9. The molecule has 0 saturated heterocycles. The van der Waals surface area contributed by atoms with E-state index in [2.05, 4.69) is 10.4 Å². The number of hydrogen-bond donors (Lipinski definition) is 1. The molecule has 9 heteroatoms. The fraction of sp³-hybridized carbons (Fsp3) is 0.375. The molecular weight excluding hydrogens is 342 g/mol. The minimum Gasteiger partial charge on any atom is -0.376 e. The molecule has 25 heavy (non-hydrogen) atoms. The average Bonchev–Trinajstić information content (AvgIpc) is 3.03. The summed E-state index contributed by atoms with van der Waals surface area (Å²) >= 11 is 0. The summed E-state index contributed by atoms with van der Waals surface area (Å²) in [6.07, 6.45) is 3.12. The molecule has 0 radical (unpaired) electrons. The summed E-state index contributed by atoms with van der Waals surface area (Å²) in [5, 5.41) is 6.86. The number of carbonyl (C=O) groups excluding carboxylic acids is 1. The molecule has 0 atom stereocenters. The topological polar surface area (TPSA) is 87.5 Å². The number of sulfonamides is 1. The lowest BCUT2D eigenvalue weighted by atomic mass is 10.2. The van der Waals surface area contributed by atoms with Crippen LogP contribution in [0.5, 0.6) is 0 Å². The molecule has 1 aromatic carbocycles. The number of rotatable bonds is 6. The van der Waals surface area contributed by atoms with E-state index in [1.54, 1.807) is 21.8 Å². The van der Waals surface area contributed by atoms with Crippen molar-refractivity contribution in [3.05, 3.63) is 36.2 Å². The minimum atomic E-state index is -3.60. The predicted octanol–water partition coefficient (Wildman–Crippen LogP) is 1.47. The molecule has 0 bridgehead atoms. The number of carbonyl (C=O) groups is 1. The quantitative estimate of drug-likeness (QED) is 0.838. The molecule has 0 aliphatic carbocycles. The van der Waals surface area contributed by atoms with Crippen molar-refractivity contribution in [3.63, 3.8) is 0 Å². The zero-order valence-electron chi connectivity index (χ0n) is 15.0. The van der Waals surface area contributed by atoms with Crippen molar-refractivity contribution in [1.29, 1.82) is 0 Å². The molecule has 0 unspecified atom stereocenters. The van der Waals surface area contributed by atoms with Crippen molar-refractivity contribution in [2.45, 2.75) is 18.4 Å². The lowest BCUT2D eigenvalue weighted by molar-refractivity contribution is 0.102. The Bertz CT molecular complexity index is 872. The smallest absolute Gasteiger partial charge is 0.258 e. The summed E-state index contributed by atoms with van der Waals surface area (Å²) in [6.45, 7) is 2.58. The van der Waals surface area contributed by atoms with Gasteiger partial charge >= 0.3 is 0 Å². The van der Waals surface area contributed by atoms with Gasteiger partial charge in [-0.3, -0.25) is 9.48 Å². The number of aromatic nitrogens is 2. The molecule has 1 amide bonds. The number of nitrogens with one attached hydrogen (secondary N) is 1. The van der Waals surface area contributed by atoms with E-state index in [0.29, 0.717) is 23.5 Å². The van der Waals surface area contributed by atoms with Gasteiger partial charge in [-0.2, -0.15) is 5.10 Å². The third-order valence-electron chi connectivity index (χ3n) is 3.70. The summed E-state index contributed by atoms with van der Waals surface area (Å²) in [5.41, 5.74) is 1.53. The predicted molar refractivity (Wildman–Crippen MR) is 97.5 cm³/mol. The first-order chi connectivity index (χ1) is 11.7. The summed E-state index contributed by atoms with van der Waals surface area (Å²) in [6, 6.07) is 4.66. The molecule has 0 aliphatic heterocycles. The highest BCUT2D eigenvalue weighted by atomic mass is 32.2. The van der Waals surface area contributed by atoms with Gasteiger partial charge in [0.2, 0.25) is 10.0 Å². The van der Waals surface area contributed by atoms with Crippen LogP contribution in [0.15, 0.2) is 35.5 Å². The lowest BCUT2D eigenvalue weighted by Crippen LogP contribution is -2.23. The van der Waals surface area contributed by atoms with Gasteiger partial charge in [0.15, 0.2) is 0 Å². The van der Waals surface area contributed by atoms with Crippen LogP contribution >= 0.6 is 0 Å². The molecule has 2 aromatic rings. The van der Waals surface area contributed by atoms with Gasteiger partial charge in [-0.1, -0.05) is 0 Å². The highest BCUT2D eigenvalue weighted by molar-refractivity contribution is 7.89. The summed E-state index contributed by atoms with van der Waals surface area (Å²) < 4.78 is 27.5. The van der Waals surface area contributed by atoms with Crippen molar-refractivity contribution < 1.29 is 13.2 Å². The van der Waals surface area contributed by atoms with E-state index in [0.717, 1.165) is 4.31 Å². The van der Waals surface area contributed by atoms with Crippen molar-refractivity contribution in [2.24, 2.45) is 0 Å². The molecule has 1 aromatic heterocycles. The standard InChI is InChI=1S/C16H23N5O3S/c1-6-21-11-12(10-17-21)16(22)18-14-9-13(25(23,24)20(4)5)7-8-15(14)19(2)3/h7-11H,6H2,1-5H3,(H,18,22). The van der Waals surface area contributed by atoms with Crippen LogP contribution in [0.25, 0.3) is 0 Å². The van der Waals surface area contributed by atoms with E-state index in [9.17, 15) is 13.2 Å². The Morgan fingerprint density at radius 2 is 1.92 bits per heavy atom. The number of anilines is 2. The SMILES string of the molecule is CCn1cc(C(=O)Nc2cc(S(=O)(=O)N(C)C)ccc2N(C)C)cn1. The Hall–Kier alpha value is -2.39. The normalized spacial score (nSPS) is 11.6. The zero-order valence-corrected chi connectivity index (χ0v) is 15.8. The Morgan fingerprint density at radius 3 is 2.44 bits per heavy atom. The lowest BCUT2D eigenvalue weighted by Gasteiger charge is -2.20. The van der Waals surface area contributed by atoms with E-state index in [1.165, 1.54) is 32.4 Å². The molecular formula is C16H23N5O3S. The van der Waals surface area contributed by atoms with Gasteiger partial charge in [-0.15, -0.1) is 0 Å². The first-order valence-corrected chi connectivity index (χ1v) is 9.18. The number of amides is 1. The highest BCUT2D eigenvalue weighted by Gasteiger charge is 2.20. The molecule has 0 spiro atoms. The number of aryl methyl sites for hydroxylation is 1. The second kappa shape index (κ2) is 7.24. The van der Waals surface area contributed by atoms with Gasteiger partial charge in [-0.05, 0) is 25.1 Å². The summed E-state index contributed by atoms with van der Waals surface area (Å²) in [4.78, 5) is 14.4. The van der Waals surface area contributed by atoms with Crippen molar-refractivity contribution in [3.8, 4) is 0 Å². The molecule has 0 aliphatic rings. The minimum absolute atomic E-state index is 0.114. The third kappa shape index (κ3) is 3.99. The van der Waals surface area contributed by atoms with Gasteiger partial charge in [0.05, 0.1) is 28.0 Å². The Morgan fingerprint density at radius 1 is 1.24 bits per heavy atom. The molecule has 1 heterocycles. The van der Waals surface area contributed by atoms with Gasteiger partial charge in [-0.25, -0.2) is 12.7 Å². The van der Waals surface area contributed by atoms with E-state index >= 15 is 0 Å². The molecule has 1 N–H and O–H groups in total. The average molecular weight is 365 g/mol. The highest BCUT2D eigenvalue weighted by Crippen LogP contribution is 2.29. The van der Waals surface area contributed by atoms with Gasteiger partial charge in [0, 0.05) is 40.9 Å². The van der Waals surface area contributed by atoms with Crippen LogP contribution in [0.2, 0.25) is 0 Å². The van der Waals surface area contributed by atoms with Crippen LogP contribution in [0.1, 0.15) is 17.3 Å². The molecule has 8 nitrogen and oxygen atoms in total. The molecule has 0 fully saturated rings. The van der Waals surface area contributed by atoms with E-state index in [4.69, 9.17) is 0 Å². The Labute approximate surface area is 148 Å². The van der Waals surface area contributed by atoms with Crippen LogP contribution in [0.3, 0.4) is 0 Å². The maximum atomic E-state index is 12.5. The zero-order chi connectivity index (χ0) is 18.8. The van der Waals surface area contributed by atoms with Gasteiger partial charge < -0.3 is 10.2 Å². The fourth-order valence-corrected chi connectivity index (χ4v) is 3.15. The monoisotopic (exact) mass is 365 g/mol. The second-order valence-corrected chi connectivity index (χ2v) is 8.05. The van der Waals surface area contributed by atoms with Crippen molar-refractivity contribution >= 4 is 27.3 Å². The second-order valence-electron chi connectivity index (χ2n) is 5.90. The molecule has 0 saturated carbocycles. The first-order valence-electron chi connectivity index (χ1n) is 7.74. The number of benzene rings is 1. The van der Waals surface area contributed by atoms with Crippen LogP contribution < -0.4 is 10.2 Å². The fourth-order valence-electron chi connectivity index (χ4n) is 2.22. The Kier molecular flexibility index (Phi) is 5.48. The molecule has 2 rings (SSSR count). The largest absolute Gasteiger partial charge is 0.376 e. The third-order valence-corrected chi connectivity index (χ3v) is 5.51. The van der Waals surface area contributed by atoms with Crippen molar-refractivity contribution in [2.75, 3.05) is 38.4 Å². The summed E-state index contributed by atoms with van der Waals surface area (Å²) in [5.74, 6) is -0.345. The van der Waals surface area contributed by atoms with Crippen LogP contribution in [0.4, 0.5) is 11.4 Å². The Balaban J connectivity index is 2.41. The van der Waals surface area contributed by atoms with Crippen molar-refractivity contribution in [1.82, 2.24) is 14.1 Å². The maximum absolute atomic E-state index is 12.5. The number of nitrogens with zero attached hydrogens (tertiary/aromatic N) is 4. The van der Waals surface area contributed by atoms with Crippen LogP contribution in [0, 0.1) is 0 Å². The van der Waals surface area contributed by atoms with E-state index in [1.807, 2.05) is 21.0 Å². The van der Waals surface area contributed by atoms with Crippen LogP contribution in [-0.2, 0) is 16.6 Å².